The summed E-state index contributed by atoms with van der Waals surface area (Å²) in [6.45, 7) is 3.23. The van der Waals surface area contributed by atoms with Crippen LogP contribution in [0.1, 0.15) is 6.92 Å². The second kappa shape index (κ2) is 6.94. The third kappa shape index (κ3) is 3.63. The predicted molar refractivity (Wildman–Crippen MR) is 88.6 cm³/mol. The van der Waals surface area contributed by atoms with E-state index in [4.69, 9.17) is 14.2 Å². The Morgan fingerprint density at radius 1 is 1.20 bits per heavy atom. The van der Waals surface area contributed by atoms with E-state index in [1.165, 1.54) is 6.26 Å². The first kappa shape index (κ1) is 17.0. The van der Waals surface area contributed by atoms with Gasteiger partial charge in [-0.1, -0.05) is 6.08 Å². The van der Waals surface area contributed by atoms with E-state index in [1.54, 1.807) is 29.4 Å². The number of likely N-dealkylation sites (N-methyl/N-ethyl adjacent to an activating group) is 1. The summed E-state index contributed by atoms with van der Waals surface area (Å²) in [7, 11) is 1.86. The van der Waals surface area contributed by atoms with Crippen LogP contribution < -0.4 is 9.64 Å². The molecule has 8 nitrogen and oxygen atoms in total. The first-order valence-electron chi connectivity index (χ1n) is 7.85. The molecule has 2 aliphatic rings. The first-order valence-corrected chi connectivity index (χ1v) is 7.85. The van der Waals surface area contributed by atoms with Crippen LogP contribution >= 0.6 is 0 Å². The molecule has 8 heteroatoms. The highest BCUT2D eigenvalue weighted by Gasteiger charge is 2.49. The average molecular weight is 345 g/mol. The molecule has 2 aliphatic heterocycles. The Labute approximate surface area is 145 Å². The lowest BCUT2D eigenvalue weighted by atomic mass is 10.2. The fraction of sp³-hybridized carbons (Fsp3) is 0.353. The van der Waals surface area contributed by atoms with Gasteiger partial charge in [0.15, 0.2) is 0 Å². The Hall–Kier alpha value is -2.87. The maximum atomic E-state index is 12.0. The zero-order chi connectivity index (χ0) is 17.9. The van der Waals surface area contributed by atoms with E-state index < -0.39 is 17.8 Å². The van der Waals surface area contributed by atoms with Crippen LogP contribution in [0.2, 0.25) is 0 Å². The lowest BCUT2D eigenvalue weighted by molar-refractivity contribution is -0.230. The number of ether oxygens (including phenoxy) is 3. The molecule has 0 saturated carbocycles. The topological polar surface area (TPSA) is 81.2 Å². The Kier molecular flexibility index (Phi) is 4.71. The highest BCUT2D eigenvalue weighted by molar-refractivity contribution is 5.93. The molecular formula is C17H19N3O5. The number of carbonyl (C=O) groups excluding carboxylic acids is 2. The number of allylic oxidation sites excluding steroid dienone is 1. The zero-order valence-corrected chi connectivity index (χ0v) is 14.0. The van der Waals surface area contributed by atoms with E-state index >= 15 is 0 Å². The molecule has 3 rings (SSSR count). The van der Waals surface area contributed by atoms with Crippen LogP contribution in [0, 0.1) is 0 Å². The number of hydrogen-bond acceptors (Lipinski definition) is 8. The van der Waals surface area contributed by atoms with Crippen LogP contribution in [0.3, 0.4) is 0 Å². The minimum absolute atomic E-state index is 0.214. The van der Waals surface area contributed by atoms with Crippen molar-refractivity contribution >= 4 is 17.6 Å². The number of nitrogens with zero attached hydrogens (tertiary/aromatic N) is 3. The van der Waals surface area contributed by atoms with E-state index in [9.17, 15) is 9.59 Å². The number of pyridine rings is 1. The molecule has 0 amide bonds. The summed E-state index contributed by atoms with van der Waals surface area (Å²) in [5, 5.41) is 0. The number of carbonyl (C=O) groups is 2. The van der Waals surface area contributed by atoms with Gasteiger partial charge in [0, 0.05) is 31.3 Å². The molecule has 3 heterocycles. The molecule has 0 aromatic carbocycles. The summed E-state index contributed by atoms with van der Waals surface area (Å²) in [5.74, 6) is -2.30. The number of rotatable bonds is 3. The van der Waals surface area contributed by atoms with Gasteiger partial charge in [0.1, 0.15) is 5.75 Å². The highest BCUT2D eigenvalue weighted by atomic mass is 16.8. The highest BCUT2D eigenvalue weighted by Crippen LogP contribution is 2.33. The van der Waals surface area contributed by atoms with Crippen molar-refractivity contribution in [2.45, 2.75) is 12.8 Å². The van der Waals surface area contributed by atoms with Gasteiger partial charge in [-0.3, -0.25) is 14.8 Å². The van der Waals surface area contributed by atoms with Crippen molar-refractivity contribution in [2.24, 2.45) is 0 Å². The monoisotopic (exact) mass is 345 g/mol. The van der Waals surface area contributed by atoms with Crippen LogP contribution in [0.4, 0.5) is 5.69 Å². The van der Waals surface area contributed by atoms with Gasteiger partial charge in [-0.15, -0.1) is 0 Å². The third-order valence-electron chi connectivity index (χ3n) is 3.81. The standard InChI is InChI=1S/C17H19N3O5/c1-3-8-23-14-9-13(10-18-11-14)20-7-6-19(2)12-17(20)24-15(21)4-5-16(22)25-17/h3-5,8-11H,6-7,12H2,1-2H3/b8-3+. The lowest BCUT2D eigenvalue weighted by Gasteiger charge is -2.47. The Morgan fingerprint density at radius 3 is 2.60 bits per heavy atom. The molecule has 1 aromatic rings. The molecule has 1 fully saturated rings. The van der Waals surface area contributed by atoms with Gasteiger partial charge in [-0.25, -0.2) is 9.59 Å². The largest absolute Gasteiger partial charge is 0.464 e. The van der Waals surface area contributed by atoms with Gasteiger partial charge in [0.25, 0.3) is 0 Å². The van der Waals surface area contributed by atoms with Crippen molar-refractivity contribution in [1.29, 1.82) is 0 Å². The van der Waals surface area contributed by atoms with Crippen molar-refractivity contribution in [1.82, 2.24) is 9.88 Å². The summed E-state index contributed by atoms with van der Waals surface area (Å²) < 4.78 is 16.4. The van der Waals surface area contributed by atoms with Crippen molar-refractivity contribution in [3.63, 3.8) is 0 Å². The SMILES string of the molecule is C/C=C/Oc1cncc(N2CCN(C)CC23OC(=O)C=CC(=O)O3)c1. The molecule has 0 unspecified atom stereocenters. The first-order chi connectivity index (χ1) is 12.0. The number of piperazine rings is 1. The second-order valence-corrected chi connectivity index (χ2v) is 5.74. The van der Waals surface area contributed by atoms with Crippen LogP contribution in [-0.4, -0.2) is 54.4 Å². The molecule has 0 atom stereocenters. The molecular weight excluding hydrogens is 326 g/mol. The maximum Gasteiger partial charge on any atom is 0.356 e. The van der Waals surface area contributed by atoms with Gasteiger partial charge in [-0.2, -0.15) is 0 Å². The molecule has 0 bridgehead atoms. The van der Waals surface area contributed by atoms with Crippen LogP contribution in [0.15, 0.2) is 43.0 Å². The van der Waals surface area contributed by atoms with E-state index in [2.05, 4.69) is 4.98 Å². The van der Waals surface area contributed by atoms with Gasteiger partial charge in [0.05, 0.1) is 30.9 Å². The number of aromatic nitrogens is 1. The summed E-state index contributed by atoms with van der Waals surface area (Å²) >= 11 is 0. The maximum absolute atomic E-state index is 12.0. The molecule has 0 aliphatic carbocycles. The number of hydrogen-bond donors (Lipinski definition) is 0. The summed E-state index contributed by atoms with van der Waals surface area (Å²) in [6, 6.07) is 1.75. The second-order valence-electron chi connectivity index (χ2n) is 5.74. The minimum Gasteiger partial charge on any atom is -0.464 e. The van der Waals surface area contributed by atoms with Gasteiger partial charge in [-0.05, 0) is 14.0 Å². The van der Waals surface area contributed by atoms with Crippen molar-refractivity contribution in [3.05, 3.63) is 43.0 Å². The number of anilines is 1. The van der Waals surface area contributed by atoms with E-state index in [-0.39, 0.29) is 6.54 Å². The van der Waals surface area contributed by atoms with Gasteiger partial charge < -0.3 is 14.2 Å². The molecule has 0 N–H and O–H groups in total. The summed E-state index contributed by atoms with van der Waals surface area (Å²) in [4.78, 5) is 31.7. The summed E-state index contributed by atoms with van der Waals surface area (Å²) in [5.41, 5.74) is 0.623. The minimum atomic E-state index is -1.55. The van der Waals surface area contributed by atoms with Crippen molar-refractivity contribution < 1.29 is 23.8 Å². The smallest absolute Gasteiger partial charge is 0.356 e. The van der Waals surface area contributed by atoms with Crippen molar-refractivity contribution in [2.75, 3.05) is 31.6 Å². The van der Waals surface area contributed by atoms with Crippen molar-refractivity contribution in [3.8, 4) is 5.75 Å². The predicted octanol–water partition coefficient (Wildman–Crippen LogP) is 1.06. The van der Waals surface area contributed by atoms with Crippen LogP contribution in [0.5, 0.6) is 5.75 Å². The van der Waals surface area contributed by atoms with Gasteiger partial charge >= 0.3 is 17.8 Å². The van der Waals surface area contributed by atoms with Crippen LogP contribution in [-0.2, 0) is 19.1 Å². The van der Waals surface area contributed by atoms with E-state index in [1.807, 2.05) is 18.9 Å². The van der Waals surface area contributed by atoms with E-state index in [0.717, 1.165) is 12.2 Å². The molecule has 1 spiro atoms. The average Bonchev–Trinajstić information content (AvgIpc) is 2.71. The zero-order valence-electron chi connectivity index (χ0n) is 14.0. The lowest BCUT2D eigenvalue weighted by Crippen LogP contribution is -2.65. The fourth-order valence-corrected chi connectivity index (χ4v) is 2.75. The normalized spacial score (nSPS) is 20.5. The van der Waals surface area contributed by atoms with Crippen LogP contribution in [0.25, 0.3) is 0 Å². The number of esters is 2. The molecule has 0 radical (unpaired) electrons. The quantitative estimate of drug-likeness (QED) is 0.594. The summed E-state index contributed by atoms with van der Waals surface area (Å²) in [6.07, 6.45) is 8.59. The molecule has 1 saturated heterocycles. The Morgan fingerprint density at radius 2 is 1.92 bits per heavy atom. The molecule has 132 valence electrons. The molecule has 25 heavy (non-hydrogen) atoms. The molecule has 1 aromatic heterocycles. The fourth-order valence-electron chi connectivity index (χ4n) is 2.75. The Balaban J connectivity index is 1.97. The Bertz CT molecular complexity index is 711. The van der Waals surface area contributed by atoms with Gasteiger partial charge in [0.2, 0.25) is 0 Å². The van der Waals surface area contributed by atoms with E-state index in [0.29, 0.717) is 24.5 Å². The third-order valence-corrected chi connectivity index (χ3v) is 3.81.